The Morgan fingerprint density at radius 1 is 1.32 bits per heavy atom. The van der Waals surface area contributed by atoms with Crippen molar-refractivity contribution in [2.75, 3.05) is 0 Å². The van der Waals surface area contributed by atoms with Crippen LogP contribution in [0.3, 0.4) is 0 Å². The Balaban J connectivity index is 2.00. The van der Waals surface area contributed by atoms with Crippen molar-refractivity contribution in [1.29, 1.82) is 0 Å². The highest BCUT2D eigenvalue weighted by Gasteiger charge is 2.59. The first kappa shape index (κ1) is 17.7. The van der Waals surface area contributed by atoms with Crippen LogP contribution in [-0.2, 0) is 16.8 Å². The zero-order chi connectivity index (χ0) is 18.2. The summed E-state index contributed by atoms with van der Waals surface area (Å²) >= 11 is -2.48. The average Bonchev–Trinajstić information content (AvgIpc) is 3.15. The van der Waals surface area contributed by atoms with Crippen LogP contribution in [0.15, 0.2) is 24.5 Å². The van der Waals surface area contributed by atoms with Gasteiger partial charge >= 0.3 is 6.61 Å². The summed E-state index contributed by atoms with van der Waals surface area (Å²) in [6.45, 7) is -3.05. The molecule has 0 radical (unpaired) electrons. The summed E-state index contributed by atoms with van der Waals surface area (Å²) in [6.07, 6.45) is 1.90. The van der Waals surface area contributed by atoms with Crippen molar-refractivity contribution in [2.45, 2.75) is 30.6 Å². The summed E-state index contributed by atoms with van der Waals surface area (Å²) < 4.78 is 77.2. The van der Waals surface area contributed by atoms with Crippen LogP contribution in [-0.4, -0.2) is 36.2 Å². The van der Waals surface area contributed by atoms with E-state index in [1.165, 1.54) is 18.3 Å². The molecule has 2 atom stereocenters. The highest BCUT2D eigenvalue weighted by atomic mass is 32.2. The number of rotatable bonds is 6. The molecule has 1 fully saturated rings. The van der Waals surface area contributed by atoms with Crippen LogP contribution < -0.4 is 4.74 Å². The molecule has 0 bridgehead atoms. The summed E-state index contributed by atoms with van der Waals surface area (Å²) in [5.41, 5.74) is 0.334. The molecule has 134 valence electrons. The molecule has 2 aromatic heterocycles. The second-order valence-corrected chi connectivity index (χ2v) is 6.25. The maximum absolute atomic E-state index is 13.3. The fraction of sp³-hybridized carbons (Fsp3) is 0.357. The lowest BCUT2D eigenvalue weighted by molar-refractivity contribution is -0.0500. The van der Waals surface area contributed by atoms with E-state index < -0.39 is 41.7 Å². The van der Waals surface area contributed by atoms with Crippen LogP contribution in [0.5, 0.6) is 5.75 Å². The number of aromatic nitrogens is 3. The van der Waals surface area contributed by atoms with Crippen molar-refractivity contribution < 1.29 is 31.1 Å². The summed E-state index contributed by atoms with van der Waals surface area (Å²) in [6, 6.07) is 2.48. The SMILES string of the molecule is O=S([O-])Cc1cc(-c2cncc(OC(F)F)c2)nc(C2CC2(F)F)n1. The van der Waals surface area contributed by atoms with Gasteiger partial charge in [0.15, 0.2) is 0 Å². The Morgan fingerprint density at radius 2 is 2.04 bits per heavy atom. The van der Waals surface area contributed by atoms with Gasteiger partial charge < -0.3 is 9.29 Å². The van der Waals surface area contributed by atoms with E-state index in [-0.39, 0.29) is 28.5 Å². The molecule has 0 aromatic carbocycles. The summed E-state index contributed by atoms with van der Waals surface area (Å²) in [4.78, 5) is 11.6. The van der Waals surface area contributed by atoms with Crippen LogP contribution >= 0.6 is 0 Å². The Bertz CT molecular complexity index is 822. The number of hydrogen-bond acceptors (Lipinski definition) is 6. The maximum Gasteiger partial charge on any atom is 0.387 e. The predicted octanol–water partition coefficient (Wildman–Crippen LogP) is 2.64. The third-order valence-corrected chi connectivity index (χ3v) is 3.97. The Labute approximate surface area is 141 Å². The maximum atomic E-state index is 13.3. The highest BCUT2D eigenvalue weighted by molar-refractivity contribution is 7.78. The quantitative estimate of drug-likeness (QED) is 0.569. The van der Waals surface area contributed by atoms with E-state index in [0.717, 1.165) is 6.20 Å². The molecule has 1 aliphatic rings. The van der Waals surface area contributed by atoms with Crippen molar-refractivity contribution in [3.8, 4) is 17.0 Å². The molecule has 2 unspecified atom stereocenters. The standard InChI is InChI=1S/C14H11F4N3O3S/c15-13(16)24-9-1-7(4-19-5-9)11-2-8(6-25(22)23)20-12(21-11)10-3-14(10,17)18/h1-2,4-5,10,13H,3,6H2,(H,22,23)/p-1. The molecule has 11 heteroatoms. The number of alkyl halides is 4. The lowest BCUT2D eigenvalue weighted by Crippen LogP contribution is -2.06. The minimum atomic E-state index is -3.05. The van der Waals surface area contributed by atoms with E-state index in [1.54, 1.807) is 0 Å². The Kier molecular flexibility index (Phi) is 4.69. The third-order valence-electron chi connectivity index (χ3n) is 3.43. The molecule has 1 saturated carbocycles. The smallest absolute Gasteiger partial charge is 0.387 e. The van der Waals surface area contributed by atoms with Gasteiger partial charge in [-0.1, -0.05) is 0 Å². The molecular weight excluding hydrogens is 366 g/mol. The van der Waals surface area contributed by atoms with Gasteiger partial charge in [0.25, 0.3) is 5.92 Å². The topological polar surface area (TPSA) is 88.0 Å². The van der Waals surface area contributed by atoms with Gasteiger partial charge in [0.2, 0.25) is 0 Å². The lowest BCUT2D eigenvalue weighted by Gasteiger charge is -2.10. The van der Waals surface area contributed by atoms with E-state index in [1.807, 2.05) is 0 Å². The fourth-order valence-electron chi connectivity index (χ4n) is 2.24. The van der Waals surface area contributed by atoms with E-state index in [9.17, 15) is 26.3 Å². The number of hydrogen-bond donors (Lipinski definition) is 0. The lowest BCUT2D eigenvalue weighted by atomic mass is 10.1. The first-order valence-corrected chi connectivity index (χ1v) is 8.21. The summed E-state index contributed by atoms with van der Waals surface area (Å²) in [5, 5.41) is 0. The van der Waals surface area contributed by atoms with E-state index in [2.05, 4.69) is 19.7 Å². The summed E-state index contributed by atoms with van der Waals surface area (Å²) in [7, 11) is 0. The molecule has 0 saturated heterocycles. The van der Waals surface area contributed by atoms with Crippen LogP contribution in [0.25, 0.3) is 11.3 Å². The van der Waals surface area contributed by atoms with Crippen molar-refractivity contribution in [2.24, 2.45) is 0 Å². The number of pyridine rings is 1. The van der Waals surface area contributed by atoms with Gasteiger partial charge in [-0.25, -0.2) is 18.7 Å². The molecule has 0 aliphatic heterocycles. The van der Waals surface area contributed by atoms with Crippen molar-refractivity contribution >= 4 is 11.1 Å². The van der Waals surface area contributed by atoms with Crippen molar-refractivity contribution in [3.05, 3.63) is 36.0 Å². The zero-order valence-electron chi connectivity index (χ0n) is 12.4. The first-order chi connectivity index (χ1) is 11.7. The molecule has 0 amide bonds. The molecule has 2 heterocycles. The first-order valence-electron chi connectivity index (χ1n) is 6.96. The summed E-state index contributed by atoms with van der Waals surface area (Å²) in [5.74, 6) is -5.05. The van der Waals surface area contributed by atoms with Crippen LogP contribution in [0.1, 0.15) is 23.9 Å². The molecule has 0 N–H and O–H groups in total. The molecule has 0 spiro atoms. The molecule has 1 aliphatic carbocycles. The fourth-order valence-corrected chi connectivity index (χ4v) is 2.63. The van der Waals surface area contributed by atoms with Gasteiger partial charge in [0, 0.05) is 18.2 Å². The minimum absolute atomic E-state index is 0.0243. The van der Waals surface area contributed by atoms with Gasteiger partial charge in [-0.15, -0.1) is 0 Å². The Hall–Kier alpha value is -2.14. The molecule has 2 aromatic rings. The second kappa shape index (κ2) is 6.64. The van der Waals surface area contributed by atoms with Gasteiger partial charge in [-0.3, -0.25) is 9.19 Å². The molecular formula is C14H10F4N3O3S-. The van der Waals surface area contributed by atoms with Crippen molar-refractivity contribution in [3.63, 3.8) is 0 Å². The van der Waals surface area contributed by atoms with E-state index >= 15 is 0 Å². The normalized spacial score (nSPS) is 19.7. The monoisotopic (exact) mass is 376 g/mol. The third kappa shape index (κ3) is 4.28. The average molecular weight is 376 g/mol. The van der Waals surface area contributed by atoms with Gasteiger partial charge in [-0.05, 0) is 23.2 Å². The largest absolute Gasteiger partial charge is 0.772 e. The number of halogens is 4. The van der Waals surface area contributed by atoms with Crippen LogP contribution in [0.2, 0.25) is 0 Å². The molecule has 25 heavy (non-hydrogen) atoms. The minimum Gasteiger partial charge on any atom is -0.772 e. The zero-order valence-corrected chi connectivity index (χ0v) is 13.2. The van der Waals surface area contributed by atoms with Gasteiger partial charge in [0.05, 0.1) is 29.3 Å². The van der Waals surface area contributed by atoms with Gasteiger partial charge in [-0.2, -0.15) is 8.78 Å². The second-order valence-electron chi connectivity index (χ2n) is 5.36. The van der Waals surface area contributed by atoms with Gasteiger partial charge in [0.1, 0.15) is 11.6 Å². The van der Waals surface area contributed by atoms with E-state index in [4.69, 9.17) is 0 Å². The van der Waals surface area contributed by atoms with Crippen LogP contribution in [0.4, 0.5) is 17.6 Å². The van der Waals surface area contributed by atoms with Crippen molar-refractivity contribution in [1.82, 2.24) is 15.0 Å². The molecule has 3 rings (SSSR count). The Morgan fingerprint density at radius 3 is 2.64 bits per heavy atom. The predicted molar refractivity (Wildman–Crippen MR) is 76.8 cm³/mol. The number of nitrogens with zero attached hydrogens (tertiary/aromatic N) is 3. The number of ether oxygens (including phenoxy) is 1. The van der Waals surface area contributed by atoms with E-state index in [0.29, 0.717) is 0 Å². The van der Waals surface area contributed by atoms with Crippen LogP contribution in [0, 0.1) is 0 Å². The molecule has 6 nitrogen and oxygen atoms in total. The highest BCUT2D eigenvalue weighted by Crippen LogP contribution is 2.54.